The maximum atomic E-state index is 11.4. The molecule has 2 N–H and O–H groups in total. The standard InChI is InChI=1S/C6H12NO5PS/c8-5(7-9)6(14(10,11)13)1-3-12-4-2-6/h9H,1-4,13H2,(H,7,8). The zero-order valence-corrected chi connectivity index (χ0v) is 9.37. The zero-order chi connectivity index (χ0) is 10.8. The van der Waals surface area contributed by atoms with E-state index >= 15 is 0 Å². The third-order valence-corrected chi connectivity index (χ3v) is 5.40. The molecule has 6 nitrogen and oxygen atoms in total. The molecule has 0 aromatic rings. The van der Waals surface area contributed by atoms with Crippen LogP contribution in [0.2, 0.25) is 0 Å². The van der Waals surface area contributed by atoms with Gasteiger partial charge in [0.25, 0.3) is 5.91 Å². The van der Waals surface area contributed by atoms with Crippen LogP contribution < -0.4 is 5.48 Å². The molecule has 1 amide bonds. The quantitative estimate of drug-likeness (QED) is 0.377. The topological polar surface area (TPSA) is 92.7 Å². The first-order chi connectivity index (χ1) is 6.44. The van der Waals surface area contributed by atoms with Crippen molar-refractivity contribution in [2.75, 3.05) is 13.2 Å². The van der Waals surface area contributed by atoms with Crippen LogP contribution in [0.4, 0.5) is 0 Å². The van der Waals surface area contributed by atoms with Gasteiger partial charge in [-0.2, -0.15) is 0 Å². The molecular formula is C6H12NO5PS. The van der Waals surface area contributed by atoms with Gasteiger partial charge >= 0.3 is 0 Å². The van der Waals surface area contributed by atoms with Crippen molar-refractivity contribution < 1.29 is 23.2 Å². The molecule has 1 rings (SSSR count). The molecule has 0 aromatic carbocycles. The lowest BCUT2D eigenvalue weighted by Gasteiger charge is -2.32. The van der Waals surface area contributed by atoms with E-state index < -0.39 is 20.1 Å². The average molecular weight is 241 g/mol. The Morgan fingerprint density at radius 1 is 1.43 bits per heavy atom. The minimum Gasteiger partial charge on any atom is -0.381 e. The van der Waals surface area contributed by atoms with Crippen molar-refractivity contribution in [3.05, 3.63) is 0 Å². The highest BCUT2D eigenvalue weighted by molar-refractivity contribution is 8.38. The zero-order valence-electron chi connectivity index (χ0n) is 7.39. The Labute approximate surface area is 83.8 Å². The predicted octanol–water partition coefficient (Wildman–Crippen LogP) is -0.754. The molecule has 82 valence electrons. The Morgan fingerprint density at radius 2 is 1.93 bits per heavy atom. The van der Waals surface area contributed by atoms with E-state index in [4.69, 9.17) is 9.94 Å². The minimum absolute atomic E-state index is 0.0607. The smallest absolute Gasteiger partial charge is 0.265 e. The van der Waals surface area contributed by atoms with Gasteiger partial charge in [0.15, 0.2) is 14.2 Å². The predicted molar refractivity (Wildman–Crippen MR) is 51.3 cm³/mol. The van der Waals surface area contributed by atoms with Crippen LogP contribution in [0.15, 0.2) is 0 Å². The third-order valence-electron chi connectivity index (χ3n) is 2.36. The van der Waals surface area contributed by atoms with E-state index in [1.165, 1.54) is 5.48 Å². The number of carbonyl (C=O) groups excluding carboxylic acids is 1. The molecule has 1 aliphatic heterocycles. The first-order valence-corrected chi connectivity index (χ1v) is 6.95. The Bertz CT molecular complexity index is 321. The summed E-state index contributed by atoms with van der Waals surface area (Å²) in [5.74, 6) is -0.893. The van der Waals surface area contributed by atoms with Gasteiger partial charge in [-0.3, -0.25) is 10.0 Å². The number of amides is 1. The first kappa shape index (κ1) is 11.8. The van der Waals surface area contributed by atoms with Crippen LogP contribution in [-0.4, -0.2) is 37.5 Å². The van der Waals surface area contributed by atoms with Crippen molar-refractivity contribution in [3.8, 4) is 0 Å². The van der Waals surface area contributed by atoms with E-state index in [0.29, 0.717) is 0 Å². The van der Waals surface area contributed by atoms with Crippen LogP contribution in [0.1, 0.15) is 12.8 Å². The van der Waals surface area contributed by atoms with Crippen LogP contribution in [-0.2, 0) is 19.0 Å². The van der Waals surface area contributed by atoms with Crippen molar-refractivity contribution in [2.45, 2.75) is 17.6 Å². The van der Waals surface area contributed by atoms with Gasteiger partial charge in [0.1, 0.15) is 0 Å². The number of hydrogen-bond donors (Lipinski definition) is 2. The number of rotatable bonds is 2. The van der Waals surface area contributed by atoms with Crippen molar-refractivity contribution in [3.63, 3.8) is 0 Å². The molecule has 1 fully saturated rings. The second-order valence-corrected chi connectivity index (χ2v) is 6.83. The summed E-state index contributed by atoms with van der Waals surface area (Å²) in [5, 5.41) is 8.50. The SMILES string of the molecule is O=C(NO)C1(S(=O)(=O)P)CCOCC1. The van der Waals surface area contributed by atoms with Crippen LogP contribution in [0.25, 0.3) is 0 Å². The molecular weight excluding hydrogens is 229 g/mol. The van der Waals surface area contributed by atoms with Gasteiger partial charge in [-0.1, -0.05) is 0 Å². The maximum Gasteiger partial charge on any atom is 0.265 e. The number of ether oxygens (including phenoxy) is 1. The Kier molecular flexibility index (Phi) is 3.47. The van der Waals surface area contributed by atoms with Crippen molar-refractivity contribution in [1.29, 1.82) is 0 Å². The molecule has 1 aliphatic rings. The summed E-state index contributed by atoms with van der Waals surface area (Å²) in [4.78, 5) is 11.3. The summed E-state index contributed by atoms with van der Waals surface area (Å²) in [5.41, 5.74) is 1.40. The molecule has 0 spiro atoms. The fourth-order valence-corrected chi connectivity index (χ4v) is 3.51. The first-order valence-electron chi connectivity index (χ1n) is 3.99. The molecule has 1 saturated heterocycles. The second kappa shape index (κ2) is 4.10. The van der Waals surface area contributed by atoms with Crippen molar-refractivity contribution >= 4 is 23.8 Å². The van der Waals surface area contributed by atoms with Crippen LogP contribution >= 0.6 is 8.44 Å². The number of nitrogens with one attached hydrogen (secondary N) is 1. The molecule has 14 heavy (non-hydrogen) atoms. The van der Waals surface area contributed by atoms with E-state index in [0.717, 1.165) is 0 Å². The second-order valence-electron chi connectivity index (χ2n) is 3.09. The van der Waals surface area contributed by atoms with Gasteiger partial charge in [0, 0.05) is 13.2 Å². The summed E-state index contributed by atoms with van der Waals surface area (Å²) >= 11 is 0. The Hall–Kier alpha value is -0.230. The number of carbonyl (C=O) groups is 1. The lowest BCUT2D eigenvalue weighted by atomic mass is 9.98. The normalized spacial score (nSPS) is 21.6. The molecule has 0 aliphatic carbocycles. The summed E-state index contributed by atoms with van der Waals surface area (Å²) in [6.45, 7) is 0.391. The molecule has 8 heteroatoms. The number of hydroxylamine groups is 1. The fraction of sp³-hybridized carbons (Fsp3) is 0.833. The van der Waals surface area contributed by atoms with Crippen LogP contribution in [0.3, 0.4) is 0 Å². The lowest BCUT2D eigenvalue weighted by molar-refractivity contribution is -0.134. The highest BCUT2D eigenvalue weighted by atomic mass is 32.7. The average Bonchev–Trinajstić information content (AvgIpc) is 2.16. The molecule has 1 heterocycles. The van der Waals surface area contributed by atoms with E-state index in [-0.39, 0.29) is 26.1 Å². The van der Waals surface area contributed by atoms with Gasteiger partial charge in [0.2, 0.25) is 0 Å². The van der Waals surface area contributed by atoms with E-state index in [9.17, 15) is 13.2 Å². The van der Waals surface area contributed by atoms with Gasteiger partial charge in [-0.15, -0.1) is 0 Å². The third kappa shape index (κ3) is 1.91. The molecule has 0 saturated carbocycles. The molecule has 0 aromatic heterocycles. The Morgan fingerprint density at radius 3 is 2.29 bits per heavy atom. The molecule has 1 unspecified atom stereocenters. The van der Waals surface area contributed by atoms with E-state index in [2.05, 4.69) is 0 Å². The highest BCUT2D eigenvalue weighted by Crippen LogP contribution is 2.33. The number of hydrogen-bond acceptors (Lipinski definition) is 5. The molecule has 0 radical (unpaired) electrons. The van der Waals surface area contributed by atoms with Gasteiger partial charge in [0.05, 0.1) is 0 Å². The van der Waals surface area contributed by atoms with E-state index in [1.807, 2.05) is 0 Å². The van der Waals surface area contributed by atoms with Crippen molar-refractivity contribution in [1.82, 2.24) is 5.48 Å². The highest BCUT2D eigenvalue weighted by Gasteiger charge is 2.49. The minimum atomic E-state index is -3.63. The van der Waals surface area contributed by atoms with E-state index in [1.54, 1.807) is 8.44 Å². The maximum absolute atomic E-state index is 11.4. The fourth-order valence-electron chi connectivity index (χ4n) is 1.44. The summed E-state index contributed by atoms with van der Waals surface area (Å²) in [6, 6.07) is 0. The molecule has 1 atom stereocenters. The Balaban J connectivity index is 3.07. The summed E-state index contributed by atoms with van der Waals surface area (Å²) in [6.07, 6.45) is 0.121. The van der Waals surface area contributed by atoms with Crippen molar-refractivity contribution in [2.24, 2.45) is 0 Å². The van der Waals surface area contributed by atoms with Gasteiger partial charge < -0.3 is 4.74 Å². The van der Waals surface area contributed by atoms with Crippen LogP contribution in [0.5, 0.6) is 0 Å². The van der Waals surface area contributed by atoms with Crippen LogP contribution in [0, 0.1) is 0 Å². The van der Waals surface area contributed by atoms with Gasteiger partial charge in [-0.25, -0.2) is 13.9 Å². The molecule has 0 bridgehead atoms. The monoisotopic (exact) mass is 241 g/mol. The summed E-state index contributed by atoms with van der Waals surface area (Å²) in [7, 11) is -1.98. The lowest BCUT2D eigenvalue weighted by Crippen LogP contribution is -2.53. The largest absolute Gasteiger partial charge is 0.381 e. The van der Waals surface area contributed by atoms with Gasteiger partial charge in [-0.05, 0) is 21.3 Å². The summed E-state index contributed by atoms with van der Waals surface area (Å²) < 4.78 is 26.3.